The van der Waals surface area contributed by atoms with Crippen LogP contribution < -0.4 is 5.32 Å². The summed E-state index contributed by atoms with van der Waals surface area (Å²) in [5.41, 5.74) is 0.807. The molecule has 2 heterocycles. The molecule has 0 bridgehead atoms. The van der Waals surface area contributed by atoms with Crippen molar-refractivity contribution in [2.75, 3.05) is 23.4 Å². The van der Waals surface area contributed by atoms with Crippen LogP contribution in [-0.4, -0.2) is 48.4 Å². The molecular formula is C14H21N3O3S2. The highest BCUT2D eigenvalue weighted by atomic mass is 32.2. The van der Waals surface area contributed by atoms with Crippen LogP contribution in [0.25, 0.3) is 0 Å². The molecule has 1 saturated heterocycles. The van der Waals surface area contributed by atoms with Crippen molar-refractivity contribution in [2.45, 2.75) is 39.2 Å². The van der Waals surface area contributed by atoms with Gasteiger partial charge in [0, 0.05) is 6.54 Å². The van der Waals surface area contributed by atoms with Gasteiger partial charge in [0.15, 0.2) is 9.84 Å². The Hall–Kier alpha value is -1.15. The summed E-state index contributed by atoms with van der Waals surface area (Å²) in [6.45, 7) is 4.27. The molecule has 1 unspecified atom stereocenters. The number of urea groups is 1. The van der Waals surface area contributed by atoms with Gasteiger partial charge < -0.3 is 4.90 Å². The van der Waals surface area contributed by atoms with Gasteiger partial charge in [-0.25, -0.2) is 18.2 Å². The van der Waals surface area contributed by atoms with Gasteiger partial charge in [0.25, 0.3) is 0 Å². The maximum atomic E-state index is 12.6. The van der Waals surface area contributed by atoms with Crippen LogP contribution in [0.1, 0.15) is 30.0 Å². The Morgan fingerprint density at radius 2 is 2.09 bits per heavy atom. The lowest BCUT2D eigenvalue weighted by molar-refractivity contribution is 0.188. The molecule has 3 rings (SSSR count). The third kappa shape index (κ3) is 3.43. The minimum Gasteiger partial charge on any atom is -0.320 e. The molecule has 0 aromatic carbocycles. The Balaban J connectivity index is 1.78. The van der Waals surface area contributed by atoms with Gasteiger partial charge in [-0.05, 0) is 39.0 Å². The Morgan fingerprint density at radius 3 is 2.68 bits per heavy atom. The first-order chi connectivity index (χ1) is 10.4. The third-order valence-corrected chi connectivity index (χ3v) is 6.98. The largest absolute Gasteiger partial charge is 0.322 e. The van der Waals surface area contributed by atoms with Crippen molar-refractivity contribution in [1.29, 1.82) is 0 Å². The third-order valence-electron chi connectivity index (χ3n) is 4.23. The van der Waals surface area contributed by atoms with Gasteiger partial charge >= 0.3 is 6.03 Å². The van der Waals surface area contributed by atoms with Gasteiger partial charge in [-0.2, -0.15) is 0 Å². The summed E-state index contributed by atoms with van der Waals surface area (Å²) in [5, 5.41) is 4.58. The van der Waals surface area contributed by atoms with E-state index < -0.39 is 9.84 Å². The second kappa shape index (κ2) is 5.81. The van der Waals surface area contributed by atoms with Crippen molar-refractivity contribution >= 4 is 32.2 Å². The number of carbonyl (C=O) groups is 1. The number of nitrogens with zero attached hydrogens (tertiary/aromatic N) is 2. The number of hydrogen-bond donors (Lipinski definition) is 1. The second-order valence-corrected chi connectivity index (χ2v) is 9.58. The number of sulfone groups is 1. The maximum Gasteiger partial charge on any atom is 0.322 e. The van der Waals surface area contributed by atoms with Crippen molar-refractivity contribution in [1.82, 2.24) is 9.88 Å². The summed E-state index contributed by atoms with van der Waals surface area (Å²) < 4.78 is 24.1. The van der Waals surface area contributed by atoms with E-state index in [1.165, 1.54) is 11.3 Å². The number of carbonyl (C=O) groups excluding carboxylic acids is 1. The van der Waals surface area contributed by atoms with Gasteiger partial charge in [-0.1, -0.05) is 0 Å². The standard InChI is InChI=1S/C14H21N3O3S2/c1-9-13(21-10(2)15-9)16-14(18)17-6-3-7-22(19,20)8-12(17)11-4-5-11/h11-12H,3-8H2,1-2H3,(H,16,18). The average molecular weight is 343 g/mol. The molecule has 1 aliphatic carbocycles. The SMILES string of the molecule is Cc1nc(C)c(NC(=O)N2CCCS(=O)(=O)CC2C2CC2)s1. The van der Waals surface area contributed by atoms with Crippen LogP contribution in [0.5, 0.6) is 0 Å². The summed E-state index contributed by atoms with van der Waals surface area (Å²) in [4.78, 5) is 18.7. The Kier molecular flexibility index (Phi) is 4.15. The predicted octanol–water partition coefficient (Wildman–Crippen LogP) is 2.19. The fourth-order valence-corrected chi connectivity index (χ4v) is 5.51. The van der Waals surface area contributed by atoms with Crippen molar-refractivity contribution in [3.63, 3.8) is 0 Å². The smallest absolute Gasteiger partial charge is 0.320 e. The Morgan fingerprint density at radius 1 is 1.36 bits per heavy atom. The number of nitrogens with one attached hydrogen (secondary N) is 1. The number of rotatable bonds is 2. The molecule has 1 saturated carbocycles. The summed E-state index contributed by atoms with van der Waals surface area (Å²) >= 11 is 1.45. The average Bonchev–Trinajstić information content (AvgIpc) is 3.20. The van der Waals surface area contributed by atoms with Gasteiger partial charge in [0.1, 0.15) is 5.00 Å². The molecule has 0 radical (unpaired) electrons. The van der Waals surface area contributed by atoms with Crippen molar-refractivity contribution in [3.05, 3.63) is 10.7 Å². The number of hydrogen-bond acceptors (Lipinski definition) is 5. The quantitative estimate of drug-likeness (QED) is 0.893. The molecule has 2 fully saturated rings. The molecule has 2 amide bonds. The predicted molar refractivity (Wildman–Crippen MR) is 87.1 cm³/mol. The Labute approximate surface area is 134 Å². The summed E-state index contributed by atoms with van der Waals surface area (Å²) in [5.74, 6) is 0.618. The fraction of sp³-hybridized carbons (Fsp3) is 0.714. The van der Waals surface area contributed by atoms with Crippen molar-refractivity contribution in [2.24, 2.45) is 5.92 Å². The van der Waals surface area contributed by atoms with Gasteiger partial charge in [0.05, 0.1) is 28.2 Å². The normalized spacial score (nSPS) is 24.8. The fourth-order valence-electron chi connectivity index (χ4n) is 2.99. The minimum atomic E-state index is -3.05. The number of thiazole rings is 1. The van der Waals surface area contributed by atoms with Crippen LogP contribution in [-0.2, 0) is 9.84 Å². The molecule has 2 aliphatic rings. The van der Waals surface area contributed by atoms with Crippen LogP contribution in [0.3, 0.4) is 0 Å². The Bertz CT molecular complexity index is 680. The van der Waals surface area contributed by atoms with E-state index in [-0.39, 0.29) is 23.6 Å². The first kappa shape index (κ1) is 15.7. The van der Waals surface area contributed by atoms with Gasteiger partial charge in [-0.15, -0.1) is 11.3 Å². The van der Waals surface area contributed by atoms with E-state index >= 15 is 0 Å². The van der Waals surface area contributed by atoms with E-state index in [1.807, 2.05) is 13.8 Å². The molecule has 8 heteroatoms. The van der Waals surface area contributed by atoms with Gasteiger partial charge in [-0.3, -0.25) is 5.32 Å². The second-order valence-electron chi connectivity index (χ2n) is 6.14. The van der Waals surface area contributed by atoms with E-state index in [9.17, 15) is 13.2 Å². The summed E-state index contributed by atoms with van der Waals surface area (Å²) in [7, 11) is -3.05. The lowest BCUT2D eigenvalue weighted by Crippen LogP contribution is -2.46. The molecule has 6 nitrogen and oxygen atoms in total. The van der Waals surface area contributed by atoms with Crippen molar-refractivity contribution < 1.29 is 13.2 Å². The van der Waals surface area contributed by atoms with E-state index in [1.54, 1.807) is 4.90 Å². The first-order valence-electron chi connectivity index (χ1n) is 7.58. The monoisotopic (exact) mass is 343 g/mol. The molecule has 0 spiro atoms. The van der Waals surface area contributed by atoms with Crippen LogP contribution in [0, 0.1) is 19.8 Å². The number of aromatic nitrogens is 1. The number of amides is 2. The molecular weight excluding hydrogens is 322 g/mol. The molecule has 1 aromatic rings. The highest BCUT2D eigenvalue weighted by Gasteiger charge is 2.41. The summed E-state index contributed by atoms with van der Waals surface area (Å²) in [6, 6.07) is -0.373. The lowest BCUT2D eigenvalue weighted by Gasteiger charge is -2.29. The zero-order valence-electron chi connectivity index (χ0n) is 12.8. The molecule has 1 N–H and O–H groups in total. The topological polar surface area (TPSA) is 79.4 Å². The zero-order chi connectivity index (χ0) is 15.9. The molecule has 122 valence electrons. The van der Waals surface area contributed by atoms with E-state index in [4.69, 9.17) is 0 Å². The molecule has 1 atom stereocenters. The minimum absolute atomic E-state index is 0.103. The van der Waals surface area contributed by atoms with Crippen molar-refractivity contribution in [3.8, 4) is 0 Å². The maximum absolute atomic E-state index is 12.6. The van der Waals surface area contributed by atoms with Crippen LogP contribution >= 0.6 is 11.3 Å². The zero-order valence-corrected chi connectivity index (χ0v) is 14.5. The number of anilines is 1. The van der Waals surface area contributed by atoms with Crippen LogP contribution in [0.2, 0.25) is 0 Å². The van der Waals surface area contributed by atoms with Crippen LogP contribution in [0.4, 0.5) is 9.80 Å². The molecule has 1 aliphatic heterocycles. The van der Waals surface area contributed by atoms with Gasteiger partial charge in [0.2, 0.25) is 0 Å². The highest BCUT2D eigenvalue weighted by Crippen LogP contribution is 2.37. The van der Waals surface area contributed by atoms with Crippen LogP contribution in [0.15, 0.2) is 0 Å². The first-order valence-corrected chi connectivity index (χ1v) is 10.2. The van der Waals surface area contributed by atoms with E-state index in [0.717, 1.165) is 28.5 Å². The lowest BCUT2D eigenvalue weighted by atomic mass is 10.2. The van der Waals surface area contributed by atoms with E-state index in [2.05, 4.69) is 10.3 Å². The molecule has 22 heavy (non-hydrogen) atoms. The van der Waals surface area contributed by atoms with E-state index in [0.29, 0.717) is 18.9 Å². The number of aryl methyl sites for hydroxylation is 2. The summed E-state index contributed by atoms with van der Waals surface area (Å²) in [6.07, 6.45) is 2.55. The molecule has 1 aromatic heterocycles. The highest BCUT2D eigenvalue weighted by molar-refractivity contribution is 7.91.